The molecule has 1 unspecified atom stereocenters. The number of hydrogen-bond acceptors (Lipinski definition) is 4. The van der Waals surface area contributed by atoms with Crippen molar-refractivity contribution in [3.05, 3.63) is 24.4 Å². The third kappa shape index (κ3) is 1.84. The third-order valence-corrected chi connectivity index (χ3v) is 3.72. The minimum Gasteiger partial charge on any atom is -0.469 e. The zero-order valence-electron chi connectivity index (χ0n) is 11.4. The van der Waals surface area contributed by atoms with Crippen molar-refractivity contribution >= 4 is 28.5 Å². The number of aromatic nitrogens is 2. The van der Waals surface area contributed by atoms with Gasteiger partial charge in [-0.1, -0.05) is 6.07 Å². The summed E-state index contributed by atoms with van der Waals surface area (Å²) in [6.45, 7) is 0.361. The summed E-state index contributed by atoms with van der Waals surface area (Å²) in [5, 5.41) is 5.12. The van der Waals surface area contributed by atoms with Gasteiger partial charge < -0.3 is 9.64 Å². The number of aryl methyl sites for hydroxylation is 1. The van der Waals surface area contributed by atoms with Gasteiger partial charge in [-0.2, -0.15) is 5.10 Å². The monoisotopic (exact) mass is 273 g/mol. The lowest BCUT2D eigenvalue weighted by Gasteiger charge is -2.17. The fourth-order valence-electron chi connectivity index (χ4n) is 2.66. The van der Waals surface area contributed by atoms with Crippen LogP contribution in [0.2, 0.25) is 0 Å². The van der Waals surface area contributed by atoms with Gasteiger partial charge in [0, 0.05) is 25.4 Å². The molecule has 1 aliphatic rings. The Bertz CT molecular complexity index is 692. The Morgan fingerprint density at radius 2 is 2.25 bits per heavy atom. The van der Waals surface area contributed by atoms with Crippen molar-refractivity contribution in [1.29, 1.82) is 0 Å². The lowest BCUT2D eigenvalue weighted by atomic mass is 10.1. The van der Waals surface area contributed by atoms with E-state index in [-0.39, 0.29) is 24.2 Å². The number of methoxy groups -OCH3 is 1. The number of fused-ring (bicyclic) bond motifs is 1. The molecule has 2 aromatic rings. The summed E-state index contributed by atoms with van der Waals surface area (Å²) < 4.78 is 6.49. The van der Waals surface area contributed by atoms with E-state index in [0.717, 1.165) is 16.6 Å². The zero-order chi connectivity index (χ0) is 14.3. The van der Waals surface area contributed by atoms with Gasteiger partial charge in [0.05, 0.1) is 30.4 Å². The van der Waals surface area contributed by atoms with Crippen molar-refractivity contribution in [2.75, 3.05) is 18.6 Å². The minimum atomic E-state index is -0.389. The molecule has 0 bridgehead atoms. The van der Waals surface area contributed by atoms with Crippen LogP contribution in [0.5, 0.6) is 0 Å². The van der Waals surface area contributed by atoms with Gasteiger partial charge in [-0.25, -0.2) is 0 Å². The fourth-order valence-corrected chi connectivity index (χ4v) is 2.66. The van der Waals surface area contributed by atoms with E-state index in [1.54, 1.807) is 15.8 Å². The molecule has 2 heterocycles. The summed E-state index contributed by atoms with van der Waals surface area (Å²) in [5.74, 6) is -0.782. The predicted molar refractivity (Wildman–Crippen MR) is 73.2 cm³/mol. The van der Waals surface area contributed by atoms with Crippen molar-refractivity contribution in [2.24, 2.45) is 13.0 Å². The largest absolute Gasteiger partial charge is 0.469 e. The van der Waals surface area contributed by atoms with Gasteiger partial charge >= 0.3 is 5.97 Å². The molecule has 0 saturated carbocycles. The van der Waals surface area contributed by atoms with Crippen molar-refractivity contribution in [1.82, 2.24) is 9.78 Å². The first kappa shape index (κ1) is 12.7. The maximum atomic E-state index is 12.1. The first-order valence-corrected chi connectivity index (χ1v) is 6.40. The predicted octanol–water partition coefficient (Wildman–Crippen LogP) is 1.10. The van der Waals surface area contributed by atoms with Crippen LogP contribution in [0, 0.1) is 5.92 Å². The second kappa shape index (κ2) is 4.63. The van der Waals surface area contributed by atoms with E-state index in [9.17, 15) is 9.59 Å². The quantitative estimate of drug-likeness (QED) is 0.769. The van der Waals surface area contributed by atoms with Crippen LogP contribution in [0.1, 0.15) is 6.42 Å². The van der Waals surface area contributed by atoms with Gasteiger partial charge in [-0.05, 0) is 12.1 Å². The lowest BCUT2D eigenvalue weighted by Crippen LogP contribution is -2.26. The van der Waals surface area contributed by atoms with Gasteiger partial charge in [0.1, 0.15) is 0 Å². The van der Waals surface area contributed by atoms with Crippen LogP contribution >= 0.6 is 0 Å². The molecule has 1 saturated heterocycles. The maximum absolute atomic E-state index is 12.1. The number of anilines is 1. The van der Waals surface area contributed by atoms with E-state index in [4.69, 9.17) is 4.74 Å². The molecule has 0 radical (unpaired) electrons. The van der Waals surface area contributed by atoms with Gasteiger partial charge in [0.25, 0.3) is 0 Å². The lowest BCUT2D eigenvalue weighted by molar-refractivity contribution is -0.145. The van der Waals surface area contributed by atoms with Crippen LogP contribution in [0.25, 0.3) is 10.9 Å². The number of benzene rings is 1. The Labute approximate surface area is 115 Å². The highest BCUT2D eigenvalue weighted by atomic mass is 16.5. The van der Waals surface area contributed by atoms with Crippen LogP contribution in [0.15, 0.2) is 24.4 Å². The number of hydrogen-bond donors (Lipinski definition) is 0. The first-order chi connectivity index (χ1) is 9.61. The molecular formula is C14H15N3O3. The Hall–Kier alpha value is -2.37. The molecule has 6 nitrogen and oxygen atoms in total. The number of ether oxygens (including phenoxy) is 1. The number of nitrogens with zero attached hydrogens (tertiary/aromatic N) is 3. The average molecular weight is 273 g/mol. The van der Waals surface area contributed by atoms with Crippen LogP contribution in [0.4, 0.5) is 5.69 Å². The zero-order valence-corrected chi connectivity index (χ0v) is 11.4. The highest BCUT2D eigenvalue weighted by Crippen LogP contribution is 2.31. The standard InChI is InChI=1S/C14H15N3O3/c1-16-11-4-3-5-12(10(11)7-15-16)17-8-9(6-13(17)18)14(19)20-2/h3-5,7,9H,6,8H2,1-2H3. The topological polar surface area (TPSA) is 64.4 Å². The molecule has 104 valence electrons. The molecule has 20 heavy (non-hydrogen) atoms. The van der Waals surface area contributed by atoms with Crippen molar-refractivity contribution in [3.8, 4) is 0 Å². The van der Waals surface area contributed by atoms with E-state index in [1.165, 1.54) is 7.11 Å². The normalized spacial score (nSPS) is 18.8. The molecule has 1 aliphatic heterocycles. The summed E-state index contributed by atoms with van der Waals surface area (Å²) in [7, 11) is 3.20. The summed E-state index contributed by atoms with van der Waals surface area (Å²) in [6, 6.07) is 5.71. The molecular weight excluding hydrogens is 258 g/mol. The number of carbonyl (C=O) groups excluding carboxylic acids is 2. The van der Waals surface area contributed by atoms with Gasteiger partial charge in [-0.15, -0.1) is 0 Å². The Balaban J connectivity index is 1.99. The summed E-state index contributed by atoms with van der Waals surface area (Å²) in [5.41, 5.74) is 1.75. The molecule has 1 aromatic carbocycles. The van der Waals surface area contributed by atoms with Crippen LogP contribution in [-0.4, -0.2) is 35.3 Å². The highest BCUT2D eigenvalue weighted by molar-refractivity contribution is 6.05. The average Bonchev–Trinajstić information content (AvgIpc) is 3.02. The van der Waals surface area contributed by atoms with Gasteiger partial charge in [-0.3, -0.25) is 14.3 Å². The third-order valence-electron chi connectivity index (χ3n) is 3.72. The molecule has 1 fully saturated rings. The van der Waals surface area contributed by atoms with Gasteiger partial charge in [0.2, 0.25) is 5.91 Å². The maximum Gasteiger partial charge on any atom is 0.311 e. The SMILES string of the molecule is COC(=O)C1CC(=O)N(c2cccc3c2cnn3C)C1. The number of rotatable bonds is 2. The fraction of sp³-hybridized carbons (Fsp3) is 0.357. The number of carbonyl (C=O) groups is 2. The highest BCUT2D eigenvalue weighted by Gasteiger charge is 2.36. The second-order valence-electron chi connectivity index (χ2n) is 4.91. The summed E-state index contributed by atoms with van der Waals surface area (Å²) >= 11 is 0. The molecule has 6 heteroatoms. The second-order valence-corrected chi connectivity index (χ2v) is 4.91. The van der Waals surface area contributed by atoms with Crippen molar-refractivity contribution in [3.63, 3.8) is 0 Å². The van der Waals surface area contributed by atoms with Crippen molar-refractivity contribution < 1.29 is 14.3 Å². The molecule has 1 amide bonds. The van der Waals surface area contributed by atoms with E-state index < -0.39 is 0 Å². The van der Waals surface area contributed by atoms with E-state index in [2.05, 4.69) is 5.10 Å². The first-order valence-electron chi connectivity index (χ1n) is 6.40. The Morgan fingerprint density at radius 1 is 1.45 bits per heavy atom. The van der Waals surface area contributed by atoms with E-state index in [1.807, 2.05) is 25.2 Å². The van der Waals surface area contributed by atoms with Crippen LogP contribution in [0.3, 0.4) is 0 Å². The minimum absolute atomic E-state index is 0.0586. The summed E-state index contributed by atoms with van der Waals surface area (Å²) in [4.78, 5) is 25.4. The van der Waals surface area contributed by atoms with Gasteiger partial charge in [0.15, 0.2) is 0 Å². The molecule has 1 aromatic heterocycles. The smallest absolute Gasteiger partial charge is 0.311 e. The summed E-state index contributed by atoms with van der Waals surface area (Å²) in [6.07, 6.45) is 1.94. The molecule has 0 spiro atoms. The Kier molecular flexibility index (Phi) is 2.93. The Morgan fingerprint density at radius 3 is 3.00 bits per heavy atom. The van der Waals surface area contributed by atoms with E-state index >= 15 is 0 Å². The molecule has 3 rings (SSSR count). The molecule has 0 aliphatic carbocycles. The molecule has 1 atom stereocenters. The van der Waals surface area contributed by atoms with E-state index in [0.29, 0.717) is 6.54 Å². The van der Waals surface area contributed by atoms with Crippen LogP contribution < -0.4 is 4.90 Å². The van der Waals surface area contributed by atoms with Crippen molar-refractivity contribution in [2.45, 2.75) is 6.42 Å². The molecule has 0 N–H and O–H groups in total. The number of esters is 1. The number of amides is 1. The van der Waals surface area contributed by atoms with Crippen LogP contribution in [-0.2, 0) is 21.4 Å².